The van der Waals surface area contributed by atoms with Crippen LogP contribution in [0.5, 0.6) is 0 Å². The summed E-state index contributed by atoms with van der Waals surface area (Å²) < 4.78 is 33.6. The fraction of sp³-hybridized carbons (Fsp3) is 0.278. The second-order valence-electron chi connectivity index (χ2n) is 6.00. The van der Waals surface area contributed by atoms with Crippen LogP contribution in [0.15, 0.2) is 53.4 Å². The lowest BCUT2D eigenvalue weighted by molar-refractivity contribution is 0.0696. The van der Waals surface area contributed by atoms with Gasteiger partial charge in [0.15, 0.2) is 0 Å². The van der Waals surface area contributed by atoms with E-state index >= 15 is 0 Å². The maximum Gasteiger partial charge on any atom is 0.335 e. The Morgan fingerprint density at radius 3 is 2.62 bits per heavy atom. The molecular formula is C18H20N2O5S. The Hall–Kier alpha value is -2.58. The Kier molecular flexibility index (Phi) is 5.43. The molecule has 1 unspecified atom stereocenters. The number of sulfonamides is 1. The van der Waals surface area contributed by atoms with E-state index in [1.54, 1.807) is 30.3 Å². The lowest BCUT2D eigenvalue weighted by atomic mass is 10.2. The van der Waals surface area contributed by atoms with Crippen LogP contribution >= 0.6 is 0 Å². The summed E-state index contributed by atoms with van der Waals surface area (Å²) in [4.78, 5) is 11.1. The molecule has 2 aromatic rings. The van der Waals surface area contributed by atoms with Gasteiger partial charge in [-0.2, -0.15) is 0 Å². The molecule has 0 aliphatic carbocycles. The number of ether oxygens (including phenoxy) is 1. The van der Waals surface area contributed by atoms with Gasteiger partial charge < -0.3 is 15.2 Å². The van der Waals surface area contributed by atoms with Gasteiger partial charge in [0.2, 0.25) is 0 Å². The highest BCUT2D eigenvalue weighted by molar-refractivity contribution is 7.92. The number of para-hydroxylation sites is 1. The highest BCUT2D eigenvalue weighted by atomic mass is 32.2. The third-order valence-electron chi connectivity index (χ3n) is 4.09. The standard InChI is InChI=1S/C18H20N2O5S/c21-18(22)13-8-9-16(19-12-15-7-4-10-25-15)17(11-13)26(23,24)20-14-5-2-1-3-6-14/h1-3,5-6,8-9,11,15,19-20H,4,7,10,12H2,(H,21,22). The molecular weight excluding hydrogens is 356 g/mol. The predicted molar refractivity (Wildman–Crippen MR) is 98.1 cm³/mol. The number of carboxylic acids is 1. The van der Waals surface area contributed by atoms with Crippen LogP contribution in [0.25, 0.3) is 0 Å². The summed E-state index contributed by atoms with van der Waals surface area (Å²) in [6.07, 6.45) is 1.90. The summed E-state index contributed by atoms with van der Waals surface area (Å²) in [6.45, 7) is 1.16. The van der Waals surface area contributed by atoms with Crippen molar-refractivity contribution in [1.29, 1.82) is 0 Å². The quantitative estimate of drug-likeness (QED) is 0.686. The molecule has 0 aromatic heterocycles. The predicted octanol–water partition coefficient (Wildman–Crippen LogP) is 2.78. The van der Waals surface area contributed by atoms with Crippen LogP contribution in [0.3, 0.4) is 0 Å². The van der Waals surface area contributed by atoms with Crippen molar-refractivity contribution in [2.75, 3.05) is 23.2 Å². The van der Waals surface area contributed by atoms with Crippen LogP contribution in [-0.4, -0.2) is 38.7 Å². The Labute approximate surface area is 152 Å². The molecule has 26 heavy (non-hydrogen) atoms. The average molecular weight is 376 g/mol. The summed E-state index contributed by atoms with van der Waals surface area (Å²) in [7, 11) is -3.96. The van der Waals surface area contributed by atoms with Crippen LogP contribution < -0.4 is 10.0 Å². The fourth-order valence-electron chi connectivity index (χ4n) is 2.77. The molecule has 0 amide bonds. The van der Waals surface area contributed by atoms with E-state index in [1.807, 2.05) is 0 Å². The second-order valence-corrected chi connectivity index (χ2v) is 7.65. The molecule has 3 rings (SSSR count). The fourth-order valence-corrected chi connectivity index (χ4v) is 4.04. The van der Waals surface area contributed by atoms with Crippen molar-refractivity contribution in [3.8, 4) is 0 Å². The molecule has 3 N–H and O–H groups in total. The number of rotatable bonds is 7. The van der Waals surface area contributed by atoms with Gasteiger partial charge >= 0.3 is 5.97 Å². The van der Waals surface area contributed by atoms with Gasteiger partial charge in [0.1, 0.15) is 4.90 Å². The smallest absolute Gasteiger partial charge is 0.335 e. The third kappa shape index (κ3) is 4.33. The Morgan fingerprint density at radius 2 is 1.96 bits per heavy atom. The molecule has 1 fully saturated rings. The summed E-state index contributed by atoms with van der Waals surface area (Å²) in [6, 6.07) is 12.4. The van der Waals surface area contributed by atoms with E-state index < -0.39 is 16.0 Å². The SMILES string of the molecule is O=C(O)c1ccc(NCC2CCCO2)c(S(=O)(=O)Nc2ccccc2)c1. The van der Waals surface area contributed by atoms with Gasteiger partial charge in [0.05, 0.1) is 17.4 Å². The molecule has 8 heteroatoms. The highest BCUT2D eigenvalue weighted by Gasteiger charge is 2.22. The number of nitrogens with one attached hydrogen (secondary N) is 2. The first-order valence-corrected chi connectivity index (χ1v) is 9.75. The van der Waals surface area contributed by atoms with Crippen LogP contribution in [0.1, 0.15) is 23.2 Å². The van der Waals surface area contributed by atoms with E-state index in [-0.39, 0.29) is 16.6 Å². The molecule has 7 nitrogen and oxygen atoms in total. The topological polar surface area (TPSA) is 105 Å². The lowest BCUT2D eigenvalue weighted by Crippen LogP contribution is -2.21. The van der Waals surface area contributed by atoms with Crippen LogP contribution in [0.2, 0.25) is 0 Å². The molecule has 0 radical (unpaired) electrons. The Balaban J connectivity index is 1.90. The van der Waals surface area contributed by atoms with E-state index in [0.29, 0.717) is 24.5 Å². The van der Waals surface area contributed by atoms with Gasteiger partial charge in [0.25, 0.3) is 10.0 Å². The van der Waals surface area contributed by atoms with Gasteiger partial charge in [-0.3, -0.25) is 4.72 Å². The zero-order valence-electron chi connectivity index (χ0n) is 14.0. The van der Waals surface area contributed by atoms with Crippen molar-refractivity contribution in [2.45, 2.75) is 23.8 Å². The minimum absolute atomic E-state index is 0.0202. The number of hydrogen-bond acceptors (Lipinski definition) is 5. The minimum Gasteiger partial charge on any atom is -0.478 e. The number of hydrogen-bond donors (Lipinski definition) is 3. The van der Waals surface area contributed by atoms with Crippen molar-refractivity contribution >= 4 is 27.4 Å². The molecule has 1 atom stereocenters. The largest absolute Gasteiger partial charge is 0.478 e. The van der Waals surface area contributed by atoms with Crippen LogP contribution in [0, 0.1) is 0 Å². The zero-order chi connectivity index (χ0) is 18.6. The maximum absolute atomic E-state index is 12.8. The van der Waals surface area contributed by atoms with Crippen LogP contribution in [0.4, 0.5) is 11.4 Å². The molecule has 1 aliphatic heterocycles. The summed E-state index contributed by atoms with van der Waals surface area (Å²) in [5.41, 5.74) is 0.647. The van der Waals surface area contributed by atoms with Crippen molar-refractivity contribution in [3.05, 3.63) is 54.1 Å². The zero-order valence-corrected chi connectivity index (χ0v) is 14.8. The Bertz CT molecular complexity index is 878. The molecule has 1 saturated heterocycles. The van der Waals surface area contributed by atoms with Crippen molar-refractivity contribution in [2.24, 2.45) is 0 Å². The van der Waals surface area contributed by atoms with E-state index in [4.69, 9.17) is 4.74 Å². The first kappa shape index (κ1) is 18.2. The monoisotopic (exact) mass is 376 g/mol. The number of anilines is 2. The molecule has 0 saturated carbocycles. The summed E-state index contributed by atoms with van der Waals surface area (Å²) >= 11 is 0. The number of benzene rings is 2. The van der Waals surface area contributed by atoms with E-state index in [0.717, 1.165) is 18.9 Å². The molecule has 0 bridgehead atoms. The van der Waals surface area contributed by atoms with Gasteiger partial charge in [-0.15, -0.1) is 0 Å². The van der Waals surface area contributed by atoms with Gasteiger partial charge in [-0.25, -0.2) is 13.2 Å². The summed E-state index contributed by atoms with van der Waals surface area (Å²) in [5, 5.41) is 12.3. The number of carbonyl (C=O) groups is 1. The van der Waals surface area contributed by atoms with E-state index in [1.165, 1.54) is 12.1 Å². The first-order chi connectivity index (χ1) is 12.5. The lowest BCUT2D eigenvalue weighted by Gasteiger charge is -2.17. The van der Waals surface area contributed by atoms with Crippen molar-refractivity contribution < 1.29 is 23.1 Å². The average Bonchev–Trinajstić information content (AvgIpc) is 3.13. The van der Waals surface area contributed by atoms with Crippen molar-refractivity contribution in [1.82, 2.24) is 0 Å². The third-order valence-corrected chi connectivity index (χ3v) is 5.51. The van der Waals surface area contributed by atoms with Gasteiger partial charge in [0, 0.05) is 18.8 Å². The maximum atomic E-state index is 12.8. The van der Waals surface area contributed by atoms with Gasteiger partial charge in [-0.1, -0.05) is 18.2 Å². The summed E-state index contributed by atoms with van der Waals surface area (Å²) in [5.74, 6) is -1.19. The van der Waals surface area contributed by atoms with Crippen LogP contribution in [-0.2, 0) is 14.8 Å². The molecule has 0 spiro atoms. The molecule has 138 valence electrons. The van der Waals surface area contributed by atoms with E-state index in [9.17, 15) is 18.3 Å². The van der Waals surface area contributed by atoms with Gasteiger partial charge in [-0.05, 0) is 43.2 Å². The normalized spacial score (nSPS) is 17.0. The molecule has 1 heterocycles. The highest BCUT2D eigenvalue weighted by Crippen LogP contribution is 2.26. The second kappa shape index (κ2) is 7.76. The first-order valence-electron chi connectivity index (χ1n) is 8.26. The molecule has 2 aromatic carbocycles. The van der Waals surface area contributed by atoms with E-state index in [2.05, 4.69) is 10.0 Å². The number of aromatic carboxylic acids is 1. The Morgan fingerprint density at radius 1 is 1.19 bits per heavy atom. The number of carboxylic acid groups (broad SMARTS) is 1. The minimum atomic E-state index is -3.96. The van der Waals surface area contributed by atoms with Crippen molar-refractivity contribution in [3.63, 3.8) is 0 Å². The molecule has 1 aliphatic rings.